The van der Waals surface area contributed by atoms with Crippen molar-refractivity contribution < 1.29 is 9.84 Å². The molecule has 6 heteroatoms. The minimum absolute atomic E-state index is 0.0825. The van der Waals surface area contributed by atoms with Gasteiger partial charge < -0.3 is 9.84 Å². The quantitative estimate of drug-likeness (QED) is 0.799. The zero-order valence-corrected chi connectivity index (χ0v) is 10.5. The molecular formula is C11H16N2O3S. The number of H-pyrrole nitrogens is 1. The summed E-state index contributed by atoms with van der Waals surface area (Å²) in [7, 11) is 0. The average Bonchev–Trinajstić information content (AvgIpc) is 2.72. The van der Waals surface area contributed by atoms with Crippen molar-refractivity contribution in [2.75, 3.05) is 6.61 Å². The Labute approximate surface area is 104 Å². The topological polar surface area (TPSA) is 67.2 Å². The van der Waals surface area contributed by atoms with Crippen LogP contribution in [-0.4, -0.2) is 27.4 Å². The standard InChI is InChI=1S/C11H16N2O3S/c1-7-6-13(11(17)12-10(7)15)9-3-2-8(16-9)4-5-14/h6,8-9,14H,2-5H2,1H3,(H,12,15,17)/t8-,9?/m0/s1. The maximum Gasteiger partial charge on any atom is 0.254 e. The summed E-state index contributed by atoms with van der Waals surface area (Å²) >= 11 is 5.12. The molecule has 1 aromatic rings. The highest BCUT2D eigenvalue weighted by atomic mass is 32.1. The number of aliphatic hydroxyl groups excluding tert-OH is 1. The molecule has 1 fully saturated rings. The lowest BCUT2D eigenvalue weighted by atomic mass is 10.2. The first-order valence-corrected chi connectivity index (χ1v) is 6.11. The van der Waals surface area contributed by atoms with Crippen molar-refractivity contribution in [2.45, 2.75) is 38.5 Å². The Hall–Kier alpha value is -0.980. The third-order valence-corrected chi connectivity index (χ3v) is 3.31. The van der Waals surface area contributed by atoms with Gasteiger partial charge in [-0.25, -0.2) is 0 Å². The van der Waals surface area contributed by atoms with Gasteiger partial charge in [-0.2, -0.15) is 0 Å². The van der Waals surface area contributed by atoms with Crippen LogP contribution in [0.15, 0.2) is 11.0 Å². The van der Waals surface area contributed by atoms with Crippen LogP contribution in [0.25, 0.3) is 0 Å². The highest BCUT2D eigenvalue weighted by Crippen LogP contribution is 2.29. The van der Waals surface area contributed by atoms with Gasteiger partial charge >= 0.3 is 0 Å². The molecule has 2 atom stereocenters. The summed E-state index contributed by atoms with van der Waals surface area (Å²) in [5.41, 5.74) is 0.462. The van der Waals surface area contributed by atoms with Gasteiger partial charge in [0.25, 0.3) is 5.56 Å². The van der Waals surface area contributed by atoms with Crippen LogP contribution in [0.4, 0.5) is 0 Å². The predicted molar refractivity (Wildman–Crippen MR) is 65.5 cm³/mol. The third-order valence-electron chi connectivity index (χ3n) is 2.99. The molecular weight excluding hydrogens is 240 g/mol. The summed E-state index contributed by atoms with van der Waals surface area (Å²) in [6.45, 7) is 1.87. The number of ether oxygens (including phenoxy) is 1. The number of aryl methyl sites for hydroxylation is 1. The van der Waals surface area contributed by atoms with E-state index in [0.29, 0.717) is 16.8 Å². The number of hydrogen-bond donors (Lipinski definition) is 2. The highest BCUT2D eigenvalue weighted by molar-refractivity contribution is 7.71. The van der Waals surface area contributed by atoms with E-state index >= 15 is 0 Å². The van der Waals surface area contributed by atoms with Crippen molar-refractivity contribution in [3.8, 4) is 0 Å². The molecule has 1 aromatic heterocycles. The molecule has 0 aliphatic carbocycles. The summed E-state index contributed by atoms with van der Waals surface area (Å²) in [4.78, 5) is 14.0. The van der Waals surface area contributed by atoms with Crippen molar-refractivity contribution in [3.63, 3.8) is 0 Å². The first-order chi connectivity index (χ1) is 8.11. The van der Waals surface area contributed by atoms with Crippen LogP contribution in [0.5, 0.6) is 0 Å². The van der Waals surface area contributed by atoms with E-state index < -0.39 is 0 Å². The molecule has 1 unspecified atom stereocenters. The summed E-state index contributed by atoms with van der Waals surface area (Å²) in [6.07, 6.45) is 4.09. The fraction of sp³-hybridized carbons (Fsp3) is 0.636. The van der Waals surface area contributed by atoms with Gasteiger partial charge in [0.05, 0.1) is 6.10 Å². The number of aliphatic hydroxyl groups is 1. The van der Waals surface area contributed by atoms with E-state index in [0.717, 1.165) is 12.8 Å². The second kappa shape index (κ2) is 5.12. The normalized spacial score (nSPS) is 24.1. The molecule has 0 radical (unpaired) electrons. The second-order valence-electron chi connectivity index (χ2n) is 4.28. The van der Waals surface area contributed by atoms with Gasteiger partial charge in [0.2, 0.25) is 0 Å². The Morgan fingerprint density at radius 1 is 1.65 bits per heavy atom. The largest absolute Gasteiger partial charge is 0.396 e. The molecule has 1 saturated heterocycles. The van der Waals surface area contributed by atoms with Gasteiger partial charge in [0.15, 0.2) is 4.77 Å². The summed E-state index contributed by atoms with van der Waals surface area (Å²) in [5.74, 6) is 0. The number of hydrogen-bond acceptors (Lipinski definition) is 4. The lowest BCUT2D eigenvalue weighted by molar-refractivity contribution is -0.00932. The zero-order chi connectivity index (χ0) is 12.4. The van der Waals surface area contributed by atoms with E-state index in [1.807, 2.05) is 0 Å². The van der Waals surface area contributed by atoms with Crippen LogP contribution in [0, 0.1) is 11.7 Å². The first-order valence-electron chi connectivity index (χ1n) is 5.70. The maximum absolute atomic E-state index is 11.4. The fourth-order valence-electron chi connectivity index (χ4n) is 2.05. The minimum Gasteiger partial charge on any atom is -0.396 e. The van der Waals surface area contributed by atoms with Crippen molar-refractivity contribution in [1.29, 1.82) is 0 Å². The Morgan fingerprint density at radius 3 is 3.12 bits per heavy atom. The molecule has 17 heavy (non-hydrogen) atoms. The molecule has 2 N–H and O–H groups in total. The van der Waals surface area contributed by atoms with Gasteiger partial charge in [-0.3, -0.25) is 14.3 Å². The number of nitrogens with one attached hydrogen (secondary N) is 1. The summed E-state index contributed by atoms with van der Waals surface area (Å²) in [6, 6.07) is 0. The molecule has 2 rings (SSSR count). The summed E-state index contributed by atoms with van der Waals surface area (Å²) in [5, 5.41) is 8.86. The number of aromatic amines is 1. The van der Waals surface area contributed by atoms with Crippen molar-refractivity contribution >= 4 is 12.2 Å². The minimum atomic E-state index is -0.156. The number of aromatic nitrogens is 2. The van der Waals surface area contributed by atoms with Crippen LogP contribution in [0.2, 0.25) is 0 Å². The maximum atomic E-state index is 11.4. The predicted octanol–water partition coefficient (Wildman–Crippen LogP) is 1.27. The van der Waals surface area contributed by atoms with Gasteiger partial charge in [0, 0.05) is 18.4 Å². The molecule has 0 bridgehead atoms. The molecule has 0 spiro atoms. The molecule has 0 saturated carbocycles. The Bertz CT molecular complexity index is 508. The van der Waals surface area contributed by atoms with Gasteiger partial charge in [-0.05, 0) is 38.4 Å². The lowest BCUT2D eigenvalue weighted by Crippen LogP contribution is -2.19. The van der Waals surface area contributed by atoms with Crippen LogP contribution < -0.4 is 5.56 Å². The monoisotopic (exact) mass is 256 g/mol. The molecule has 5 nitrogen and oxygen atoms in total. The molecule has 0 amide bonds. The van der Waals surface area contributed by atoms with Crippen LogP contribution in [-0.2, 0) is 4.74 Å². The first kappa shape index (κ1) is 12.5. The van der Waals surface area contributed by atoms with Gasteiger partial charge in [0.1, 0.15) is 6.23 Å². The van der Waals surface area contributed by atoms with Crippen LogP contribution >= 0.6 is 12.2 Å². The van der Waals surface area contributed by atoms with E-state index in [1.54, 1.807) is 17.7 Å². The molecule has 94 valence electrons. The molecule has 1 aliphatic heterocycles. The fourth-order valence-corrected chi connectivity index (χ4v) is 2.31. The Morgan fingerprint density at radius 2 is 2.41 bits per heavy atom. The van der Waals surface area contributed by atoms with E-state index in [1.165, 1.54) is 0 Å². The number of rotatable bonds is 3. The second-order valence-corrected chi connectivity index (χ2v) is 4.67. The van der Waals surface area contributed by atoms with Crippen LogP contribution in [0.1, 0.15) is 31.1 Å². The molecule has 2 heterocycles. The van der Waals surface area contributed by atoms with E-state index in [2.05, 4.69) is 4.98 Å². The van der Waals surface area contributed by atoms with Crippen molar-refractivity contribution in [1.82, 2.24) is 9.55 Å². The Kier molecular flexibility index (Phi) is 3.76. The van der Waals surface area contributed by atoms with E-state index in [-0.39, 0.29) is 24.5 Å². The average molecular weight is 256 g/mol. The van der Waals surface area contributed by atoms with Crippen molar-refractivity contribution in [2.24, 2.45) is 0 Å². The van der Waals surface area contributed by atoms with Gasteiger partial charge in [-0.1, -0.05) is 0 Å². The summed E-state index contributed by atoms with van der Waals surface area (Å²) < 4.78 is 7.94. The third kappa shape index (κ3) is 2.65. The lowest BCUT2D eigenvalue weighted by Gasteiger charge is -2.16. The highest BCUT2D eigenvalue weighted by Gasteiger charge is 2.26. The van der Waals surface area contributed by atoms with Crippen LogP contribution in [0.3, 0.4) is 0 Å². The zero-order valence-electron chi connectivity index (χ0n) is 9.68. The van der Waals surface area contributed by atoms with Crippen molar-refractivity contribution in [3.05, 3.63) is 26.9 Å². The number of nitrogens with zero attached hydrogens (tertiary/aromatic N) is 1. The Balaban J connectivity index is 2.22. The molecule has 1 aliphatic rings. The van der Waals surface area contributed by atoms with Gasteiger partial charge in [-0.15, -0.1) is 0 Å². The van der Waals surface area contributed by atoms with E-state index in [9.17, 15) is 4.79 Å². The van der Waals surface area contributed by atoms with E-state index in [4.69, 9.17) is 22.1 Å². The SMILES string of the molecule is Cc1cn(C2CC[C@@H](CCO)O2)c(=S)[nH]c1=O. The smallest absolute Gasteiger partial charge is 0.254 e. The molecule has 0 aromatic carbocycles.